The van der Waals surface area contributed by atoms with Gasteiger partial charge in [0.15, 0.2) is 5.69 Å². The highest BCUT2D eigenvalue weighted by Gasteiger charge is 2.12. The van der Waals surface area contributed by atoms with Gasteiger partial charge in [0.1, 0.15) is 0 Å². The summed E-state index contributed by atoms with van der Waals surface area (Å²) in [5.41, 5.74) is 2.30. The lowest BCUT2D eigenvalue weighted by Gasteiger charge is -1.97. The van der Waals surface area contributed by atoms with Crippen molar-refractivity contribution in [1.82, 2.24) is 9.61 Å². The van der Waals surface area contributed by atoms with Crippen LogP contribution in [0.1, 0.15) is 23.0 Å². The average Bonchev–Trinajstić information content (AvgIpc) is 2.62. The molecule has 4 nitrogen and oxygen atoms in total. The number of fused-ring (bicyclic) bond motifs is 1. The zero-order chi connectivity index (χ0) is 11.7. The third-order valence-corrected chi connectivity index (χ3v) is 2.66. The predicted molar refractivity (Wildman–Crippen MR) is 63.6 cm³/mol. The third-order valence-electron chi connectivity index (χ3n) is 2.22. The van der Waals surface area contributed by atoms with Crippen molar-refractivity contribution in [2.45, 2.75) is 13.8 Å². The van der Waals surface area contributed by atoms with Crippen molar-refractivity contribution in [2.75, 3.05) is 6.61 Å². The first-order valence-electron chi connectivity index (χ1n) is 4.94. The Hall–Kier alpha value is -1.36. The first-order valence-corrected chi connectivity index (χ1v) is 5.73. The number of hydrogen-bond acceptors (Lipinski definition) is 3. The van der Waals surface area contributed by atoms with E-state index in [-0.39, 0.29) is 5.97 Å². The van der Waals surface area contributed by atoms with Crippen molar-refractivity contribution in [3.63, 3.8) is 0 Å². The molecule has 2 aromatic rings. The molecule has 2 rings (SSSR count). The van der Waals surface area contributed by atoms with Gasteiger partial charge in [0.2, 0.25) is 0 Å². The number of nitrogens with zero attached hydrogens (tertiary/aromatic N) is 2. The van der Waals surface area contributed by atoms with Gasteiger partial charge in [-0.2, -0.15) is 5.10 Å². The SMILES string of the molecule is CCOC(=O)c1cc2c(C)cc(Br)cn2n1. The summed E-state index contributed by atoms with van der Waals surface area (Å²) < 4.78 is 7.50. The highest BCUT2D eigenvalue weighted by molar-refractivity contribution is 9.10. The minimum atomic E-state index is -0.387. The molecule has 84 valence electrons. The number of aryl methyl sites for hydroxylation is 1. The molecule has 0 fully saturated rings. The zero-order valence-electron chi connectivity index (χ0n) is 9.03. The summed E-state index contributed by atoms with van der Waals surface area (Å²) >= 11 is 3.38. The molecule has 2 heterocycles. The first-order chi connectivity index (χ1) is 7.61. The summed E-state index contributed by atoms with van der Waals surface area (Å²) in [5, 5.41) is 4.17. The molecule has 5 heteroatoms. The second-order valence-electron chi connectivity index (χ2n) is 3.42. The predicted octanol–water partition coefficient (Wildman–Crippen LogP) is 2.58. The van der Waals surface area contributed by atoms with Gasteiger partial charge in [-0.15, -0.1) is 0 Å². The Balaban J connectivity index is 2.51. The van der Waals surface area contributed by atoms with Gasteiger partial charge in [0, 0.05) is 10.7 Å². The molecule has 0 aromatic carbocycles. The largest absolute Gasteiger partial charge is 0.461 e. The van der Waals surface area contributed by atoms with Crippen molar-refractivity contribution in [3.8, 4) is 0 Å². The maximum Gasteiger partial charge on any atom is 0.358 e. The molecule has 0 radical (unpaired) electrons. The van der Waals surface area contributed by atoms with E-state index in [9.17, 15) is 4.79 Å². The molecule has 0 unspecified atom stereocenters. The van der Waals surface area contributed by atoms with Gasteiger partial charge in [-0.05, 0) is 47.5 Å². The summed E-state index contributed by atoms with van der Waals surface area (Å²) in [6, 6.07) is 3.71. The van der Waals surface area contributed by atoms with E-state index in [1.807, 2.05) is 19.2 Å². The molecule has 0 aliphatic rings. The molecule has 0 N–H and O–H groups in total. The van der Waals surface area contributed by atoms with E-state index in [0.717, 1.165) is 15.6 Å². The molecule has 0 aliphatic heterocycles. The van der Waals surface area contributed by atoms with E-state index in [4.69, 9.17) is 4.74 Å². The van der Waals surface area contributed by atoms with Crippen LogP contribution in [0.25, 0.3) is 5.52 Å². The van der Waals surface area contributed by atoms with Crippen LogP contribution in [0.2, 0.25) is 0 Å². The van der Waals surface area contributed by atoms with Crippen LogP contribution in [-0.2, 0) is 4.74 Å². The summed E-state index contributed by atoms with van der Waals surface area (Å²) in [4.78, 5) is 11.5. The summed E-state index contributed by atoms with van der Waals surface area (Å²) in [7, 11) is 0. The highest BCUT2D eigenvalue weighted by Crippen LogP contribution is 2.18. The van der Waals surface area contributed by atoms with Crippen molar-refractivity contribution in [1.29, 1.82) is 0 Å². The van der Waals surface area contributed by atoms with Crippen LogP contribution in [-0.4, -0.2) is 22.2 Å². The average molecular weight is 283 g/mol. The minimum Gasteiger partial charge on any atom is -0.461 e. The van der Waals surface area contributed by atoms with Crippen LogP contribution in [0.4, 0.5) is 0 Å². The van der Waals surface area contributed by atoms with Gasteiger partial charge < -0.3 is 4.74 Å². The number of carbonyl (C=O) groups is 1. The monoisotopic (exact) mass is 282 g/mol. The van der Waals surface area contributed by atoms with Crippen molar-refractivity contribution >= 4 is 27.4 Å². The van der Waals surface area contributed by atoms with E-state index in [1.165, 1.54) is 0 Å². The van der Waals surface area contributed by atoms with Crippen LogP contribution in [0.15, 0.2) is 22.8 Å². The van der Waals surface area contributed by atoms with Crippen molar-refractivity contribution < 1.29 is 9.53 Å². The Morgan fingerprint density at radius 2 is 2.31 bits per heavy atom. The fourth-order valence-electron chi connectivity index (χ4n) is 1.53. The summed E-state index contributed by atoms with van der Waals surface area (Å²) in [5.74, 6) is -0.387. The zero-order valence-corrected chi connectivity index (χ0v) is 10.6. The molecule has 0 aliphatic carbocycles. The summed E-state index contributed by atoms with van der Waals surface area (Å²) in [6.45, 7) is 4.10. The molecule has 0 bridgehead atoms. The van der Waals surface area contributed by atoms with Gasteiger partial charge in [0.05, 0.1) is 12.1 Å². The van der Waals surface area contributed by atoms with Gasteiger partial charge >= 0.3 is 5.97 Å². The maximum absolute atomic E-state index is 11.5. The number of ether oxygens (including phenoxy) is 1. The Bertz CT molecular complexity index is 548. The number of carbonyl (C=O) groups excluding carboxylic acids is 1. The third kappa shape index (κ3) is 1.95. The summed E-state index contributed by atoms with van der Waals surface area (Å²) in [6.07, 6.45) is 1.81. The second kappa shape index (κ2) is 4.25. The number of hydrogen-bond donors (Lipinski definition) is 0. The molecule has 0 saturated carbocycles. The number of halogens is 1. The van der Waals surface area contributed by atoms with Crippen LogP contribution in [0.3, 0.4) is 0 Å². The quantitative estimate of drug-likeness (QED) is 0.796. The standard InChI is InChI=1S/C11H11BrN2O2/c1-3-16-11(15)9-5-10-7(2)4-8(12)6-14(10)13-9/h4-6H,3H2,1-2H3. The van der Waals surface area contributed by atoms with E-state index in [0.29, 0.717) is 12.3 Å². The van der Waals surface area contributed by atoms with E-state index < -0.39 is 0 Å². The molecular weight excluding hydrogens is 272 g/mol. The minimum absolute atomic E-state index is 0.336. The fourth-order valence-corrected chi connectivity index (χ4v) is 2.06. The fraction of sp³-hybridized carbons (Fsp3) is 0.273. The second-order valence-corrected chi connectivity index (χ2v) is 4.34. The van der Waals surface area contributed by atoms with Gasteiger partial charge in [-0.25, -0.2) is 9.31 Å². The topological polar surface area (TPSA) is 43.6 Å². The molecule has 0 spiro atoms. The van der Waals surface area contributed by atoms with Gasteiger partial charge in [0.25, 0.3) is 0 Å². The van der Waals surface area contributed by atoms with E-state index in [2.05, 4.69) is 21.0 Å². The Kier molecular flexibility index (Phi) is 2.96. The Labute approximate surface area is 101 Å². The Morgan fingerprint density at radius 3 is 3.00 bits per heavy atom. The Morgan fingerprint density at radius 1 is 1.56 bits per heavy atom. The lowest BCUT2D eigenvalue weighted by molar-refractivity contribution is 0.0519. The van der Waals surface area contributed by atoms with Crippen LogP contribution in [0.5, 0.6) is 0 Å². The lowest BCUT2D eigenvalue weighted by Crippen LogP contribution is -2.05. The molecule has 0 amide bonds. The van der Waals surface area contributed by atoms with Crippen LogP contribution in [0, 0.1) is 6.92 Å². The normalized spacial score (nSPS) is 10.7. The molecular formula is C11H11BrN2O2. The van der Waals surface area contributed by atoms with Crippen molar-refractivity contribution in [3.05, 3.63) is 34.1 Å². The highest BCUT2D eigenvalue weighted by atomic mass is 79.9. The van der Waals surface area contributed by atoms with E-state index in [1.54, 1.807) is 17.5 Å². The van der Waals surface area contributed by atoms with Crippen LogP contribution >= 0.6 is 15.9 Å². The van der Waals surface area contributed by atoms with Crippen LogP contribution < -0.4 is 0 Å². The van der Waals surface area contributed by atoms with Crippen molar-refractivity contribution in [2.24, 2.45) is 0 Å². The number of esters is 1. The van der Waals surface area contributed by atoms with Gasteiger partial charge in [-0.1, -0.05) is 0 Å². The number of aromatic nitrogens is 2. The molecule has 0 saturated heterocycles. The molecule has 16 heavy (non-hydrogen) atoms. The van der Waals surface area contributed by atoms with E-state index >= 15 is 0 Å². The smallest absolute Gasteiger partial charge is 0.358 e. The first kappa shape index (κ1) is 11.1. The lowest BCUT2D eigenvalue weighted by atomic mass is 10.2. The maximum atomic E-state index is 11.5. The number of rotatable bonds is 2. The number of pyridine rings is 1. The molecule has 0 atom stereocenters. The molecule has 2 aromatic heterocycles. The van der Waals surface area contributed by atoms with Gasteiger partial charge in [-0.3, -0.25) is 0 Å².